The monoisotopic (exact) mass is 495 g/mol. The molecule has 0 aliphatic heterocycles. The predicted octanol–water partition coefficient (Wildman–Crippen LogP) is 4.97. The molecule has 0 spiro atoms. The van der Waals surface area contributed by atoms with Crippen LogP contribution in [0.15, 0.2) is 82.4 Å². The Labute approximate surface area is 197 Å². The Morgan fingerprint density at radius 3 is 2.31 bits per heavy atom. The van der Waals surface area contributed by atoms with E-state index in [1.54, 1.807) is 27.4 Å². The lowest BCUT2D eigenvalue weighted by Crippen LogP contribution is -2.27. The normalized spacial score (nSPS) is 10.8. The number of rotatable bonds is 9. The van der Waals surface area contributed by atoms with Crippen molar-refractivity contribution < 1.29 is 14.3 Å². The van der Waals surface area contributed by atoms with E-state index < -0.39 is 0 Å². The van der Waals surface area contributed by atoms with Gasteiger partial charge in [-0.25, -0.2) is 0 Å². The van der Waals surface area contributed by atoms with Crippen molar-refractivity contribution in [3.05, 3.63) is 88.4 Å². The summed E-state index contributed by atoms with van der Waals surface area (Å²) in [6, 6.07) is 23.9. The van der Waals surface area contributed by atoms with Gasteiger partial charge in [0.2, 0.25) is 0 Å². The van der Waals surface area contributed by atoms with Gasteiger partial charge in [-0.1, -0.05) is 48.5 Å². The van der Waals surface area contributed by atoms with E-state index >= 15 is 0 Å². The summed E-state index contributed by atoms with van der Waals surface area (Å²) in [6.45, 7) is 0.557. The molecular weight excluding hydrogens is 470 g/mol. The van der Waals surface area contributed by atoms with Crippen molar-refractivity contribution in [1.82, 2.24) is 4.90 Å². The molecule has 0 N–H and O–H groups in total. The average Bonchev–Trinajstić information content (AvgIpc) is 2.81. The highest BCUT2D eigenvalue weighted by atomic mass is 79.9. The van der Waals surface area contributed by atoms with Crippen LogP contribution in [0.5, 0.6) is 11.5 Å². The van der Waals surface area contributed by atoms with Gasteiger partial charge in [0, 0.05) is 14.1 Å². The fraction of sp³-hybridized carbons (Fsp3) is 0.200. The van der Waals surface area contributed by atoms with Gasteiger partial charge in [-0.3, -0.25) is 9.80 Å². The molecule has 0 saturated heterocycles. The summed E-state index contributed by atoms with van der Waals surface area (Å²) in [7, 11) is 4.94. The molecule has 166 valence electrons. The lowest BCUT2D eigenvalue weighted by molar-refractivity contribution is -0.130. The van der Waals surface area contributed by atoms with E-state index in [2.05, 4.69) is 28.1 Å². The fourth-order valence-corrected chi connectivity index (χ4v) is 3.48. The van der Waals surface area contributed by atoms with Crippen LogP contribution in [0.1, 0.15) is 11.1 Å². The van der Waals surface area contributed by atoms with Crippen molar-refractivity contribution in [2.24, 2.45) is 5.10 Å². The van der Waals surface area contributed by atoms with E-state index in [9.17, 15) is 4.79 Å². The molecule has 0 radical (unpaired) electrons. The quantitative estimate of drug-likeness (QED) is 0.310. The van der Waals surface area contributed by atoms with Crippen molar-refractivity contribution >= 4 is 33.7 Å². The Morgan fingerprint density at radius 1 is 1.03 bits per heavy atom. The van der Waals surface area contributed by atoms with Crippen molar-refractivity contribution in [3.8, 4) is 11.5 Å². The summed E-state index contributed by atoms with van der Waals surface area (Å²) in [6.07, 6.45) is 1.78. The van der Waals surface area contributed by atoms with Crippen molar-refractivity contribution in [2.45, 2.75) is 6.54 Å². The minimum atomic E-state index is -0.135. The van der Waals surface area contributed by atoms with E-state index in [-0.39, 0.29) is 12.5 Å². The van der Waals surface area contributed by atoms with Crippen molar-refractivity contribution in [3.63, 3.8) is 0 Å². The van der Waals surface area contributed by atoms with Crippen LogP contribution in [0.3, 0.4) is 0 Å². The van der Waals surface area contributed by atoms with Gasteiger partial charge >= 0.3 is 0 Å². The molecule has 1 amide bonds. The standard InChI is InChI=1S/C25H26BrN3O3/c1-28(2)24(30)18-32-25-22(26)14-20(15-23(25)31-3)16-27-29(21-12-8-5-9-13-21)17-19-10-6-4-7-11-19/h4-16H,17-18H2,1-3H3/b27-16+. The topological polar surface area (TPSA) is 54.4 Å². The number of anilines is 1. The van der Waals surface area contributed by atoms with Crippen LogP contribution in [0.25, 0.3) is 0 Å². The zero-order valence-corrected chi connectivity index (χ0v) is 20.0. The molecule has 6 nitrogen and oxygen atoms in total. The maximum absolute atomic E-state index is 11.9. The highest BCUT2D eigenvalue weighted by molar-refractivity contribution is 9.10. The van der Waals surface area contributed by atoms with Crippen LogP contribution in [0, 0.1) is 0 Å². The van der Waals surface area contributed by atoms with Gasteiger partial charge in [-0.15, -0.1) is 0 Å². The van der Waals surface area contributed by atoms with Gasteiger partial charge in [0.15, 0.2) is 18.1 Å². The second-order valence-corrected chi connectivity index (χ2v) is 8.09. The van der Waals surface area contributed by atoms with Gasteiger partial charge in [0.05, 0.1) is 30.0 Å². The zero-order valence-electron chi connectivity index (χ0n) is 18.4. The van der Waals surface area contributed by atoms with Crippen LogP contribution in [-0.2, 0) is 11.3 Å². The molecule has 0 aromatic heterocycles. The van der Waals surface area contributed by atoms with Crippen LogP contribution >= 0.6 is 15.9 Å². The number of hydrogen-bond acceptors (Lipinski definition) is 5. The third-order valence-electron chi connectivity index (χ3n) is 4.67. The van der Waals surface area contributed by atoms with Gasteiger partial charge in [-0.05, 0) is 51.3 Å². The first-order chi connectivity index (χ1) is 15.5. The van der Waals surface area contributed by atoms with Gasteiger partial charge in [0.1, 0.15) is 0 Å². The van der Waals surface area contributed by atoms with Gasteiger partial charge in [0.25, 0.3) is 5.91 Å². The Kier molecular flexibility index (Phi) is 8.27. The first-order valence-corrected chi connectivity index (χ1v) is 10.9. The molecule has 3 aromatic rings. The molecular formula is C25H26BrN3O3. The summed E-state index contributed by atoms with van der Waals surface area (Å²) in [5, 5.41) is 6.67. The maximum atomic E-state index is 11.9. The molecule has 0 heterocycles. The number of amides is 1. The van der Waals surface area contributed by atoms with Gasteiger partial charge in [-0.2, -0.15) is 5.10 Å². The molecule has 3 rings (SSSR count). The smallest absolute Gasteiger partial charge is 0.259 e. The number of halogens is 1. The van der Waals surface area contributed by atoms with Crippen LogP contribution in [-0.4, -0.2) is 44.8 Å². The molecule has 0 aliphatic rings. The number of carbonyl (C=O) groups excluding carboxylic acids is 1. The lowest BCUT2D eigenvalue weighted by atomic mass is 10.2. The number of hydrazone groups is 1. The number of benzene rings is 3. The molecule has 0 fully saturated rings. The Hall–Kier alpha value is -3.32. The number of carbonyl (C=O) groups is 1. The first kappa shape index (κ1) is 23.3. The van der Waals surface area contributed by atoms with E-state index in [1.165, 1.54) is 4.90 Å². The van der Waals surface area contributed by atoms with Gasteiger partial charge < -0.3 is 14.4 Å². The summed E-state index contributed by atoms with van der Waals surface area (Å²) >= 11 is 3.53. The number of methoxy groups -OCH3 is 1. The Morgan fingerprint density at radius 2 is 1.69 bits per heavy atom. The number of hydrogen-bond donors (Lipinski definition) is 0. The Bertz CT molecular complexity index is 1060. The SMILES string of the molecule is COc1cc(/C=N/N(Cc2ccccc2)c2ccccc2)cc(Br)c1OCC(=O)N(C)C. The fourth-order valence-electron chi connectivity index (χ4n) is 2.91. The molecule has 0 unspecified atom stereocenters. The molecule has 0 bridgehead atoms. The van der Waals surface area contributed by atoms with E-state index in [4.69, 9.17) is 14.6 Å². The molecule has 3 aromatic carbocycles. The molecule has 0 saturated carbocycles. The summed E-state index contributed by atoms with van der Waals surface area (Å²) in [5.74, 6) is 0.856. The number of para-hydroxylation sites is 1. The largest absolute Gasteiger partial charge is 0.493 e. The van der Waals surface area contributed by atoms with E-state index in [0.29, 0.717) is 22.5 Å². The first-order valence-electron chi connectivity index (χ1n) is 10.1. The van der Waals surface area contributed by atoms with E-state index in [1.807, 2.05) is 65.7 Å². The number of ether oxygens (including phenoxy) is 2. The summed E-state index contributed by atoms with van der Waals surface area (Å²) in [4.78, 5) is 13.4. The highest BCUT2D eigenvalue weighted by Crippen LogP contribution is 2.36. The molecule has 0 aliphatic carbocycles. The average molecular weight is 496 g/mol. The van der Waals surface area contributed by atoms with E-state index in [0.717, 1.165) is 16.8 Å². The molecule has 7 heteroatoms. The minimum Gasteiger partial charge on any atom is -0.493 e. The zero-order chi connectivity index (χ0) is 22.9. The Balaban J connectivity index is 1.84. The highest BCUT2D eigenvalue weighted by Gasteiger charge is 2.14. The lowest BCUT2D eigenvalue weighted by Gasteiger charge is -2.19. The van der Waals surface area contributed by atoms with Crippen molar-refractivity contribution in [2.75, 3.05) is 32.8 Å². The number of nitrogens with zero attached hydrogens (tertiary/aromatic N) is 3. The predicted molar refractivity (Wildman–Crippen MR) is 132 cm³/mol. The molecule has 0 atom stereocenters. The second-order valence-electron chi connectivity index (χ2n) is 7.23. The van der Waals surface area contributed by atoms with Crippen molar-refractivity contribution in [1.29, 1.82) is 0 Å². The number of likely N-dealkylation sites (N-methyl/N-ethyl adjacent to an activating group) is 1. The third kappa shape index (κ3) is 6.34. The summed E-state index contributed by atoms with van der Waals surface area (Å²) < 4.78 is 11.9. The summed E-state index contributed by atoms with van der Waals surface area (Å²) in [5.41, 5.74) is 2.97. The second kappa shape index (κ2) is 11.3. The van der Waals surface area contributed by atoms with Crippen LogP contribution in [0.2, 0.25) is 0 Å². The minimum absolute atomic E-state index is 0.0751. The molecule has 32 heavy (non-hydrogen) atoms. The van der Waals surface area contributed by atoms with Crippen LogP contribution in [0.4, 0.5) is 5.69 Å². The maximum Gasteiger partial charge on any atom is 0.259 e. The van der Waals surface area contributed by atoms with Crippen LogP contribution < -0.4 is 14.5 Å². The third-order valence-corrected chi connectivity index (χ3v) is 5.26.